The molecule has 0 aliphatic carbocycles. The van der Waals surface area contributed by atoms with Crippen molar-refractivity contribution in [1.82, 2.24) is 0 Å². The van der Waals surface area contributed by atoms with Crippen molar-refractivity contribution in [3.8, 4) is 5.75 Å². The van der Waals surface area contributed by atoms with Crippen LogP contribution in [-0.2, 0) is 11.4 Å². The van der Waals surface area contributed by atoms with Crippen LogP contribution >= 0.6 is 0 Å². The number of ether oxygens (including phenoxy) is 1. The Hall–Kier alpha value is -3.45. The molecule has 138 valence electrons. The number of aromatic carboxylic acids is 1. The molecule has 0 fully saturated rings. The summed E-state index contributed by atoms with van der Waals surface area (Å²) in [6.45, 7) is 1.54. The van der Waals surface area contributed by atoms with Crippen LogP contribution in [0.3, 0.4) is 0 Å². The second-order valence-electron chi connectivity index (χ2n) is 5.92. The van der Waals surface area contributed by atoms with Gasteiger partial charge in [0, 0.05) is 5.56 Å². The largest absolute Gasteiger partial charge is 0.545 e. The van der Waals surface area contributed by atoms with Gasteiger partial charge in [0.1, 0.15) is 5.75 Å². The normalized spacial score (nSPS) is 15.2. The summed E-state index contributed by atoms with van der Waals surface area (Å²) in [7, 11) is 1.52. The summed E-state index contributed by atoms with van der Waals surface area (Å²) in [5.74, 6) is -1.04. The van der Waals surface area contributed by atoms with Gasteiger partial charge in [0.15, 0.2) is 0 Å². The molecule has 7 heteroatoms. The van der Waals surface area contributed by atoms with Crippen LogP contribution in [-0.4, -0.2) is 29.8 Å². The quantitative estimate of drug-likeness (QED) is 0.806. The van der Waals surface area contributed by atoms with Gasteiger partial charge in [-0.05, 0) is 48.4 Å². The highest BCUT2D eigenvalue weighted by Crippen LogP contribution is 2.27. The van der Waals surface area contributed by atoms with E-state index in [4.69, 9.17) is 4.74 Å². The molecule has 2 aromatic carbocycles. The average molecular weight is 365 g/mol. The van der Waals surface area contributed by atoms with Gasteiger partial charge in [0.2, 0.25) is 0 Å². The minimum absolute atomic E-state index is 0.0247. The number of aliphatic hydroxyl groups is 1. The van der Waals surface area contributed by atoms with Gasteiger partial charge in [-0.25, -0.2) is 0 Å². The maximum absolute atomic E-state index is 12.8. The van der Waals surface area contributed by atoms with E-state index in [2.05, 4.69) is 5.10 Å². The Labute approximate surface area is 155 Å². The number of carboxylic acids is 1. The van der Waals surface area contributed by atoms with Crippen molar-refractivity contribution in [2.45, 2.75) is 13.5 Å². The van der Waals surface area contributed by atoms with Crippen LogP contribution in [0, 0.1) is 0 Å². The van der Waals surface area contributed by atoms with Crippen LogP contribution in [0.4, 0.5) is 5.69 Å². The molecule has 27 heavy (non-hydrogen) atoms. The zero-order chi connectivity index (χ0) is 19.6. The summed E-state index contributed by atoms with van der Waals surface area (Å²) in [4.78, 5) is 23.6. The second kappa shape index (κ2) is 7.43. The summed E-state index contributed by atoms with van der Waals surface area (Å²) in [6, 6.07) is 11.0. The van der Waals surface area contributed by atoms with E-state index in [1.807, 2.05) is 0 Å². The highest BCUT2D eigenvalue weighted by molar-refractivity contribution is 6.32. The van der Waals surface area contributed by atoms with Gasteiger partial charge in [-0.15, -0.1) is 0 Å². The fourth-order valence-corrected chi connectivity index (χ4v) is 2.78. The smallest absolute Gasteiger partial charge is 0.280 e. The van der Waals surface area contributed by atoms with Crippen molar-refractivity contribution in [1.29, 1.82) is 0 Å². The molecule has 7 nitrogen and oxygen atoms in total. The third-order valence-corrected chi connectivity index (χ3v) is 4.20. The highest BCUT2D eigenvalue weighted by Gasteiger charge is 2.28. The number of amides is 1. The third kappa shape index (κ3) is 3.58. The lowest BCUT2D eigenvalue weighted by molar-refractivity contribution is -0.255. The molecule has 0 saturated heterocycles. The fraction of sp³-hybridized carbons (Fsp3) is 0.150. The third-order valence-electron chi connectivity index (χ3n) is 4.20. The van der Waals surface area contributed by atoms with Gasteiger partial charge >= 0.3 is 0 Å². The maximum Gasteiger partial charge on any atom is 0.280 e. The number of methoxy groups -OCH3 is 1. The molecule has 0 radical (unpaired) electrons. The van der Waals surface area contributed by atoms with Crippen molar-refractivity contribution in [3.05, 3.63) is 64.7 Å². The van der Waals surface area contributed by atoms with E-state index >= 15 is 0 Å². The fourth-order valence-electron chi connectivity index (χ4n) is 2.78. The van der Waals surface area contributed by atoms with Crippen molar-refractivity contribution in [2.24, 2.45) is 5.10 Å². The molecule has 0 spiro atoms. The van der Waals surface area contributed by atoms with E-state index in [1.54, 1.807) is 31.2 Å². The van der Waals surface area contributed by atoms with Crippen molar-refractivity contribution in [3.63, 3.8) is 0 Å². The standard InChI is InChI=1S/C20H18N2O5/c1-12-17(10-13-3-8-18(27-2)15(9-13)11-23)19(24)22(21-12)16-6-4-14(5-7-16)20(25)26/h3-10,23H,11H2,1-2H3,(H,25,26)/p-1/b17-10+. The lowest BCUT2D eigenvalue weighted by atomic mass is 10.0. The number of nitrogens with zero attached hydrogens (tertiary/aromatic N) is 2. The number of benzene rings is 2. The number of anilines is 1. The summed E-state index contributed by atoms with van der Waals surface area (Å²) < 4.78 is 5.18. The highest BCUT2D eigenvalue weighted by atomic mass is 16.5. The average Bonchev–Trinajstić information content (AvgIpc) is 2.96. The zero-order valence-electron chi connectivity index (χ0n) is 14.8. The van der Waals surface area contributed by atoms with Crippen LogP contribution in [0.5, 0.6) is 5.75 Å². The van der Waals surface area contributed by atoms with Gasteiger partial charge in [-0.1, -0.05) is 18.2 Å². The summed E-state index contributed by atoms with van der Waals surface area (Å²) in [5, 5.41) is 25.8. The first-order valence-corrected chi connectivity index (χ1v) is 8.15. The SMILES string of the molecule is COc1ccc(/C=C2/C(=O)N(c3ccc(C(=O)[O-])cc3)N=C2C)cc1CO. The van der Waals surface area contributed by atoms with Crippen LogP contribution in [0.1, 0.15) is 28.4 Å². The molecule has 1 N–H and O–H groups in total. The molecule has 2 aromatic rings. The van der Waals surface area contributed by atoms with Crippen molar-refractivity contribution < 1.29 is 24.5 Å². The number of hydrogen-bond acceptors (Lipinski definition) is 6. The van der Waals surface area contributed by atoms with E-state index in [9.17, 15) is 19.8 Å². The molecular weight excluding hydrogens is 348 g/mol. The summed E-state index contributed by atoms with van der Waals surface area (Å²) in [6.07, 6.45) is 1.69. The Morgan fingerprint density at radius 3 is 2.56 bits per heavy atom. The Kier molecular flexibility index (Phi) is 5.05. The number of hydrazone groups is 1. The Morgan fingerprint density at radius 1 is 1.26 bits per heavy atom. The van der Waals surface area contributed by atoms with Crippen LogP contribution in [0.2, 0.25) is 0 Å². The predicted octanol–water partition coefficient (Wildman–Crippen LogP) is 1.36. The van der Waals surface area contributed by atoms with E-state index in [-0.39, 0.29) is 18.1 Å². The summed E-state index contributed by atoms with van der Waals surface area (Å²) in [5.41, 5.74) is 2.77. The first-order chi connectivity index (χ1) is 12.9. The minimum Gasteiger partial charge on any atom is -0.545 e. The predicted molar refractivity (Wildman–Crippen MR) is 98.3 cm³/mol. The van der Waals surface area contributed by atoms with Crippen LogP contribution in [0.15, 0.2) is 53.1 Å². The molecule has 1 amide bonds. The Balaban J connectivity index is 1.91. The number of carbonyl (C=O) groups is 2. The molecule has 3 rings (SSSR count). The van der Waals surface area contributed by atoms with E-state index < -0.39 is 5.97 Å². The Morgan fingerprint density at radius 2 is 1.96 bits per heavy atom. The van der Waals surface area contributed by atoms with Gasteiger partial charge in [-0.3, -0.25) is 4.79 Å². The molecule has 1 heterocycles. The molecule has 0 atom stereocenters. The lowest BCUT2D eigenvalue weighted by Crippen LogP contribution is -2.23. The van der Waals surface area contributed by atoms with Gasteiger partial charge in [0.05, 0.1) is 36.7 Å². The van der Waals surface area contributed by atoms with Gasteiger partial charge in [-0.2, -0.15) is 10.1 Å². The number of hydrogen-bond donors (Lipinski definition) is 1. The molecule has 0 unspecified atom stereocenters. The molecule has 1 aliphatic rings. The van der Waals surface area contributed by atoms with Crippen LogP contribution in [0.25, 0.3) is 6.08 Å². The molecule has 0 bridgehead atoms. The van der Waals surface area contributed by atoms with Crippen molar-refractivity contribution in [2.75, 3.05) is 12.1 Å². The Bertz CT molecular complexity index is 961. The topological polar surface area (TPSA) is 102 Å². The number of rotatable bonds is 5. The minimum atomic E-state index is -1.28. The molecular formula is C20H17N2O5-. The van der Waals surface area contributed by atoms with E-state index in [0.717, 1.165) is 5.56 Å². The molecule has 0 saturated carbocycles. The first kappa shape index (κ1) is 18.3. The van der Waals surface area contributed by atoms with Crippen molar-refractivity contribution >= 4 is 29.4 Å². The lowest BCUT2D eigenvalue weighted by Gasteiger charge is -2.12. The van der Waals surface area contributed by atoms with E-state index in [0.29, 0.717) is 28.3 Å². The van der Waals surface area contributed by atoms with Gasteiger partial charge < -0.3 is 19.7 Å². The van der Waals surface area contributed by atoms with Crippen LogP contribution < -0.4 is 14.9 Å². The van der Waals surface area contributed by atoms with Gasteiger partial charge in [0.25, 0.3) is 5.91 Å². The monoisotopic (exact) mass is 365 g/mol. The van der Waals surface area contributed by atoms with E-state index in [1.165, 1.54) is 36.4 Å². The number of carboxylic acid groups (broad SMARTS) is 1. The maximum atomic E-state index is 12.8. The zero-order valence-corrected chi connectivity index (χ0v) is 14.8. The first-order valence-electron chi connectivity index (χ1n) is 8.15. The summed E-state index contributed by atoms with van der Waals surface area (Å²) >= 11 is 0. The number of carbonyl (C=O) groups excluding carboxylic acids is 2. The number of aliphatic hydroxyl groups excluding tert-OH is 1. The second-order valence-corrected chi connectivity index (χ2v) is 5.92. The molecule has 0 aromatic heterocycles. The molecule has 1 aliphatic heterocycles.